The van der Waals surface area contributed by atoms with Gasteiger partial charge in [-0.3, -0.25) is 25.2 Å². The first-order chi connectivity index (χ1) is 9.59. The molecule has 0 spiro atoms. The molecule has 2 amide bonds. The third-order valence-electron chi connectivity index (χ3n) is 2.47. The lowest BCUT2D eigenvalue weighted by Gasteiger charge is -2.07. The van der Waals surface area contributed by atoms with Crippen LogP contribution in [-0.2, 0) is 0 Å². The van der Waals surface area contributed by atoms with Gasteiger partial charge < -0.3 is 4.98 Å². The highest BCUT2D eigenvalue weighted by Gasteiger charge is 2.13. The number of hydrazine groups is 1. The van der Waals surface area contributed by atoms with Crippen molar-refractivity contribution in [1.29, 1.82) is 0 Å². The number of carbonyl (C=O) groups excluding carboxylic acids is 2. The highest BCUT2D eigenvalue weighted by Crippen LogP contribution is 2.15. The zero-order chi connectivity index (χ0) is 14.5. The number of halogens is 1. The molecule has 0 fully saturated rings. The highest BCUT2D eigenvalue weighted by atomic mass is 79.9. The second kappa shape index (κ2) is 6.16. The third kappa shape index (κ3) is 3.12. The monoisotopic (exact) mass is 335 g/mol. The van der Waals surface area contributed by atoms with Crippen LogP contribution >= 0.6 is 15.9 Å². The summed E-state index contributed by atoms with van der Waals surface area (Å²) in [5.41, 5.74) is 4.19. The molecule has 0 radical (unpaired) electrons. The van der Waals surface area contributed by atoms with Gasteiger partial charge in [-0.2, -0.15) is 0 Å². The van der Waals surface area contributed by atoms with Crippen LogP contribution in [0.15, 0.2) is 51.9 Å². The summed E-state index contributed by atoms with van der Waals surface area (Å²) in [7, 11) is 0. The molecule has 2 rings (SSSR count). The minimum Gasteiger partial charge on any atom is -0.328 e. The molecule has 20 heavy (non-hydrogen) atoms. The topological polar surface area (TPSA) is 91.1 Å². The molecule has 102 valence electrons. The number of aromatic amines is 1. The van der Waals surface area contributed by atoms with E-state index in [0.717, 1.165) is 0 Å². The third-order valence-corrected chi connectivity index (χ3v) is 3.16. The van der Waals surface area contributed by atoms with Gasteiger partial charge in [0.25, 0.3) is 17.4 Å². The van der Waals surface area contributed by atoms with Crippen LogP contribution in [0.2, 0.25) is 0 Å². The summed E-state index contributed by atoms with van der Waals surface area (Å²) in [5.74, 6) is -1.18. The van der Waals surface area contributed by atoms with Gasteiger partial charge in [0.05, 0.1) is 5.56 Å². The standard InChI is InChI=1S/C13H10BrN3O3/c14-10-6-2-1-4-8(10)12(19)16-17-13(20)9-5-3-7-15-11(9)18/h1-7H,(H,15,18)(H,16,19)(H,17,20). The Kier molecular flexibility index (Phi) is 4.31. The first-order valence-corrected chi connectivity index (χ1v) is 6.42. The number of amides is 2. The van der Waals surface area contributed by atoms with Crippen LogP contribution in [-0.4, -0.2) is 16.8 Å². The van der Waals surface area contributed by atoms with Crippen LogP contribution in [0.1, 0.15) is 20.7 Å². The van der Waals surface area contributed by atoms with Crippen molar-refractivity contribution in [3.05, 3.63) is 68.5 Å². The summed E-state index contributed by atoms with van der Waals surface area (Å²) in [4.78, 5) is 37.3. The van der Waals surface area contributed by atoms with Crippen molar-refractivity contribution in [1.82, 2.24) is 15.8 Å². The van der Waals surface area contributed by atoms with E-state index in [1.807, 2.05) is 0 Å². The van der Waals surface area contributed by atoms with Crippen molar-refractivity contribution >= 4 is 27.7 Å². The van der Waals surface area contributed by atoms with E-state index in [2.05, 4.69) is 31.8 Å². The molecule has 1 aromatic carbocycles. The van der Waals surface area contributed by atoms with Gasteiger partial charge in [-0.15, -0.1) is 0 Å². The first-order valence-electron chi connectivity index (χ1n) is 5.62. The van der Waals surface area contributed by atoms with Gasteiger partial charge in [-0.1, -0.05) is 12.1 Å². The minimum atomic E-state index is -0.688. The van der Waals surface area contributed by atoms with Crippen LogP contribution in [0.3, 0.4) is 0 Å². The Labute approximate surface area is 122 Å². The Balaban J connectivity index is 2.05. The number of aromatic nitrogens is 1. The molecule has 1 heterocycles. The molecule has 0 saturated heterocycles. The van der Waals surface area contributed by atoms with Crippen molar-refractivity contribution in [2.75, 3.05) is 0 Å². The van der Waals surface area contributed by atoms with Crippen LogP contribution < -0.4 is 16.4 Å². The van der Waals surface area contributed by atoms with Gasteiger partial charge in [0.1, 0.15) is 5.56 Å². The number of pyridine rings is 1. The summed E-state index contributed by atoms with van der Waals surface area (Å²) in [5, 5.41) is 0. The second-order valence-corrected chi connectivity index (χ2v) is 4.66. The quantitative estimate of drug-likeness (QED) is 0.720. The Morgan fingerprint density at radius 1 is 0.950 bits per heavy atom. The van der Waals surface area contributed by atoms with Gasteiger partial charge in [-0.25, -0.2) is 0 Å². The van der Waals surface area contributed by atoms with E-state index in [1.54, 1.807) is 24.3 Å². The fourth-order valence-corrected chi connectivity index (χ4v) is 1.96. The number of rotatable bonds is 2. The lowest BCUT2D eigenvalue weighted by molar-refractivity contribution is 0.0845. The van der Waals surface area contributed by atoms with E-state index >= 15 is 0 Å². The van der Waals surface area contributed by atoms with Crippen molar-refractivity contribution in [2.45, 2.75) is 0 Å². The van der Waals surface area contributed by atoms with Crippen molar-refractivity contribution in [2.24, 2.45) is 0 Å². The second-order valence-electron chi connectivity index (χ2n) is 3.80. The molecule has 0 bridgehead atoms. The van der Waals surface area contributed by atoms with E-state index < -0.39 is 17.4 Å². The predicted molar refractivity (Wildman–Crippen MR) is 76.1 cm³/mol. The summed E-state index contributed by atoms with van der Waals surface area (Å²) in [6.07, 6.45) is 1.42. The van der Waals surface area contributed by atoms with Crippen molar-refractivity contribution in [3.8, 4) is 0 Å². The molecule has 3 N–H and O–H groups in total. The molecular weight excluding hydrogens is 326 g/mol. The van der Waals surface area contributed by atoms with Crippen molar-refractivity contribution < 1.29 is 9.59 Å². The molecule has 0 saturated carbocycles. The number of nitrogens with one attached hydrogen (secondary N) is 3. The number of hydrogen-bond donors (Lipinski definition) is 3. The number of hydrogen-bond acceptors (Lipinski definition) is 3. The van der Waals surface area contributed by atoms with Crippen LogP contribution in [0.4, 0.5) is 0 Å². The zero-order valence-corrected chi connectivity index (χ0v) is 11.7. The molecule has 0 aliphatic rings. The number of benzene rings is 1. The Bertz CT molecular complexity index is 712. The van der Waals surface area contributed by atoms with E-state index in [9.17, 15) is 14.4 Å². The average Bonchev–Trinajstić information content (AvgIpc) is 2.45. The van der Waals surface area contributed by atoms with Crippen molar-refractivity contribution in [3.63, 3.8) is 0 Å². The lowest BCUT2D eigenvalue weighted by atomic mass is 10.2. The minimum absolute atomic E-state index is 0.0834. The zero-order valence-electron chi connectivity index (χ0n) is 10.1. The molecule has 0 aliphatic carbocycles. The number of carbonyl (C=O) groups is 2. The maximum atomic E-state index is 11.8. The molecule has 0 atom stereocenters. The van der Waals surface area contributed by atoms with Crippen LogP contribution in [0.25, 0.3) is 0 Å². The average molecular weight is 336 g/mol. The van der Waals surface area contributed by atoms with Gasteiger partial charge >= 0.3 is 0 Å². The molecule has 7 heteroatoms. The van der Waals surface area contributed by atoms with Gasteiger partial charge in [0, 0.05) is 10.7 Å². The summed E-state index contributed by atoms with van der Waals surface area (Å²) >= 11 is 3.23. The first kappa shape index (κ1) is 14.0. The maximum Gasteiger partial charge on any atom is 0.275 e. The normalized spacial score (nSPS) is 9.85. The summed E-state index contributed by atoms with van der Waals surface area (Å²) in [6.45, 7) is 0. The Morgan fingerprint density at radius 3 is 2.20 bits per heavy atom. The lowest BCUT2D eigenvalue weighted by Crippen LogP contribution is -2.43. The van der Waals surface area contributed by atoms with Crippen LogP contribution in [0, 0.1) is 0 Å². The molecule has 6 nitrogen and oxygen atoms in total. The fraction of sp³-hybridized carbons (Fsp3) is 0. The van der Waals surface area contributed by atoms with E-state index in [4.69, 9.17) is 0 Å². The fourth-order valence-electron chi connectivity index (χ4n) is 1.49. The predicted octanol–water partition coefficient (Wildman–Crippen LogP) is 1.21. The Morgan fingerprint density at radius 2 is 1.55 bits per heavy atom. The SMILES string of the molecule is O=C(NNC(=O)c1ccc[nH]c1=O)c1ccccc1Br. The van der Waals surface area contributed by atoms with E-state index in [0.29, 0.717) is 10.0 Å². The Hall–Kier alpha value is -2.41. The summed E-state index contributed by atoms with van der Waals surface area (Å²) in [6, 6.07) is 9.65. The smallest absolute Gasteiger partial charge is 0.275 e. The molecule has 2 aromatic rings. The highest BCUT2D eigenvalue weighted by molar-refractivity contribution is 9.10. The molecular formula is C13H10BrN3O3. The van der Waals surface area contributed by atoms with Gasteiger partial charge in [0.2, 0.25) is 0 Å². The van der Waals surface area contributed by atoms with Crippen LogP contribution in [0.5, 0.6) is 0 Å². The maximum absolute atomic E-state index is 11.8. The van der Waals surface area contributed by atoms with E-state index in [1.165, 1.54) is 18.3 Å². The molecule has 0 unspecified atom stereocenters. The number of H-pyrrole nitrogens is 1. The largest absolute Gasteiger partial charge is 0.328 e. The molecule has 0 aliphatic heterocycles. The summed E-state index contributed by atoms with van der Waals surface area (Å²) < 4.78 is 0.601. The molecule has 1 aromatic heterocycles. The van der Waals surface area contributed by atoms with E-state index in [-0.39, 0.29) is 5.56 Å². The van der Waals surface area contributed by atoms with Gasteiger partial charge in [-0.05, 0) is 40.2 Å². The van der Waals surface area contributed by atoms with Gasteiger partial charge in [0.15, 0.2) is 0 Å².